The van der Waals surface area contributed by atoms with Gasteiger partial charge in [0.1, 0.15) is 0 Å². The second-order valence-electron chi connectivity index (χ2n) is 1.81. The fraction of sp³-hybridized carbons (Fsp3) is 0.800. The first-order valence-corrected chi connectivity index (χ1v) is 2.66. The van der Waals surface area contributed by atoms with Crippen molar-refractivity contribution in [2.45, 2.75) is 19.3 Å². The average molecular weight is 490 g/mol. The maximum Gasteiger partial charge on any atom is 2.00 e. The Morgan fingerprint density at radius 2 is 1.80 bits per heavy atom. The van der Waals surface area contributed by atoms with Gasteiger partial charge in [-0.2, -0.15) is 0 Å². The van der Waals surface area contributed by atoms with Gasteiger partial charge in [-0.05, 0) is 12.8 Å². The molecule has 1 aliphatic rings. The molecule has 1 fully saturated rings. The molecule has 5 heteroatoms. The Hall–Kier alpha value is 2.50. The summed E-state index contributed by atoms with van der Waals surface area (Å²) in [6, 6.07) is 0. The van der Waals surface area contributed by atoms with E-state index >= 15 is 0 Å². The third-order valence-electron chi connectivity index (χ3n) is 1.15. The maximum atomic E-state index is 10.4. The topological polar surface area (TPSA) is 29.1 Å². The van der Waals surface area contributed by atoms with Crippen LogP contribution in [0.1, 0.15) is 19.3 Å². The van der Waals surface area contributed by atoms with Gasteiger partial charge in [-0.15, -0.1) is 0 Å². The summed E-state index contributed by atoms with van der Waals surface area (Å²) in [5, 5.41) is 2.74. The predicted molar refractivity (Wildman–Crippen MR) is 32.6 cm³/mol. The summed E-state index contributed by atoms with van der Waals surface area (Å²) in [4.78, 5) is 10.4. The minimum absolute atomic E-state index is 0. The molecular weight excluding hydrogens is 481 g/mol. The molecule has 1 amide bonds. The van der Waals surface area contributed by atoms with Crippen LogP contribution >= 0.6 is 0 Å². The molecular formula is C5H9BaI2NO. The molecule has 0 aromatic rings. The van der Waals surface area contributed by atoms with E-state index in [-0.39, 0.29) is 103 Å². The number of carbonyl (C=O) groups excluding carboxylic acids is 1. The van der Waals surface area contributed by atoms with Crippen LogP contribution in [0.5, 0.6) is 0 Å². The van der Waals surface area contributed by atoms with Gasteiger partial charge >= 0.3 is 48.9 Å². The maximum absolute atomic E-state index is 10.4. The van der Waals surface area contributed by atoms with Gasteiger partial charge in [0.05, 0.1) is 0 Å². The fourth-order valence-electron chi connectivity index (χ4n) is 0.727. The van der Waals surface area contributed by atoms with Gasteiger partial charge in [0.25, 0.3) is 0 Å². The zero-order valence-corrected chi connectivity index (χ0v) is 14.5. The van der Waals surface area contributed by atoms with E-state index in [2.05, 4.69) is 5.32 Å². The minimum atomic E-state index is 0. The van der Waals surface area contributed by atoms with Crippen molar-refractivity contribution >= 4 is 54.8 Å². The third kappa shape index (κ3) is 8.60. The number of nitrogens with one attached hydrogen (secondary N) is 1. The van der Waals surface area contributed by atoms with Crippen LogP contribution in [-0.2, 0) is 4.79 Å². The summed E-state index contributed by atoms with van der Waals surface area (Å²) < 4.78 is 0. The summed E-state index contributed by atoms with van der Waals surface area (Å²) >= 11 is 0. The summed E-state index contributed by atoms with van der Waals surface area (Å²) in [6.07, 6.45) is 2.97. The average Bonchev–Trinajstić information content (AvgIpc) is 1.69. The van der Waals surface area contributed by atoms with Crippen LogP contribution in [0.3, 0.4) is 0 Å². The van der Waals surface area contributed by atoms with Gasteiger partial charge in [0, 0.05) is 13.0 Å². The zero-order chi connectivity index (χ0) is 5.11. The molecule has 56 valence electrons. The second-order valence-corrected chi connectivity index (χ2v) is 1.81. The van der Waals surface area contributed by atoms with Crippen molar-refractivity contribution in [2.75, 3.05) is 6.54 Å². The van der Waals surface area contributed by atoms with Crippen molar-refractivity contribution in [3.8, 4) is 0 Å². The smallest absolute Gasteiger partial charge is 1.00 e. The van der Waals surface area contributed by atoms with E-state index in [9.17, 15) is 4.79 Å². The largest absolute Gasteiger partial charge is 2.00 e. The monoisotopic (exact) mass is 491 g/mol. The molecule has 0 aliphatic carbocycles. The summed E-state index contributed by atoms with van der Waals surface area (Å²) in [7, 11) is 0. The molecule has 0 saturated carbocycles. The number of hydrogen-bond donors (Lipinski definition) is 1. The van der Waals surface area contributed by atoms with E-state index in [0.29, 0.717) is 0 Å². The van der Waals surface area contributed by atoms with Gasteiger partial charge in [-0.3, -0.25) is 4.79 Å². The normalized spacial score (nSPS) is 15.0. The molecule has 0 radical (unpaired) electrons. The molecule has 1 rings (SSSR count). The van der Waals surface area contributed by atoms with E-state index < -0.39 is 0 Å². The van der Waals surface area contributed by atoms with Crippen molar-refractivity contribution in [3.05, 3.63) is 0 Å². The Bertz CT molecular complexity index is 83.7. The van der Waals surface area contributed by atoms with E-state index in [1.807, 2.05) is 0 Å². The van der Waals surface area contributed by atoms with Gasteiger partial charge in [0.2, 0.25) is 5.91 Å². The summed E-state index contributed by atoms with van der Waals surface area (Å²) in [6.45, 7) is 0.888. The van der Waals surface area contributed by atoms with Crippen molar-refractivity contribution in [3.63, 3.8) is 0 Å². The van der Waals surface area contributed by atoms with Gasteiger partial charge in [0.15, 0.2) is 0 Å². The van der Waals surface area contributed by atoms with Crippen LogP contribution in [0, 0.1) is 0 Å². The fourth-order valence-corrected chi connectivity index (χ4v) is 0.727. The Balaban J connectivity index is -0.000000163. The molecule has 1 saturated heterocycles. The molecule has 1 N–H and O–H groups in total. The summed E-state index contributed by atoms with van der Waals surface area (Å²) in [5.74, 6) is 0.214. The standard InChI is InChI=1S/C5H9NO.Ba.2HI/c7-5-3-1-2-4-6-5;;;/h1-4H2,(H,6,7);;2*1H/q;+2;;/p-2. The van der Waals surface area contributed by atoms with Crippen LogP contribution in [0.4, 0.5) is 0 Å². The second kappa shape index (κ2) is 11.5. The van der Waals surface area contributed by atoms with E-state index in [1.165, 1.54) is 0 Å². The number of carbonyl (C=O) groups is 1. The Morgan fingerprint density at radius 1 is 1.20 bits per heavy atom. The molecule has 0 unspecified atom stereocenters. The van der Waals surface area contributed by atoms with Crippen molar-refractivity contribution < 1.29 is 52.7 Å². The van der Waals surface area contributed by atoms with Gasteiger partial charge in [-0.25, -0.2) is 0 Å². The first kappa shape index (κ1) is 18.3. The first-order valence-electron chi connectivity index (χ1n) is 2.66. The number of amides is 1. The molecule has 1 aliphatic heterocycles. The molecule has 0 spiro atoms. The van der Waals surface area contributed by atoms with Crippen LogP contribution in [0.25, 0.3) is 0 Å². The van der Waals surface area contributed by atoms with Crippen LogP contribution in [0.2, 0.25) is 0 Å². The number of rotatable bonds is 0. The molecule has 2 nitrogen and oxygen atoms in total. The number of halogens is 2. The molecule has 0 aromatic carbocycles. The van der Waals surface area contributed by atoms with Crippen LogP contribution in [-0.4, -0.2) is 61.3 Å². The molecule has 10 heavy (non-hydrogen) atoms. The van der Waals surface area contributed by atoms with Crippen molar-refractivity contribution in [1.82, 2.24) is 5.32 Å². The Kier molecular flexibility index (Phi) is 21.1. The predicted octanol–water partition coefficient (Wildman–Crippen LogP) is -6.09. The molecule has 1 heterocycles. The zero-order valence-electron chi connectivity index (χ0n) is 5.70. The minimum Gasteiger partial charge on any atom is -1.00 e. The Labute approximate surface area is 136 Å². The van der Waals surface area contributed by atoms with Crippen molar-refractivity contribution in [2.24, 2.45) is 0 Å². The van der Waals surface area contributed by atoms with E-state index in [4.69, 9.17) is 0 Å². The SMILES string of the molecule is O=C1CCCCN1.[Ba+2].[I-].[I-]. The van der Waals surface area contributed by atoms with E-state index in [1.54, 1.807) is 0 Å². The summed E-state index contributed by atoms with van der Waals surface area (Å²) in [5.41, 5.74) is 0. The Morgan fingerprint density at radius 3 is 2.00 bits per heavy atom. The van der Waals surface area contributed by atoms with Crippen LogP contribution in [0.15, 0.2) is 0 Å². The number of piperidine rings is 1. The molecule has 0 atom stereocenters. The van der Waals surface area contributed by atoms with Crippen molar-refractivity contribution in [1.29, 1.82) is 0 Å². The van der Waals surface area contributed by atoms with Gasteiger partial charge in [-0.1, -0.05) is 0 Å². The molecule has 0 bridgehead atoms. The van der Waals surface area contributed by atoms with Crippen LogP contribution < -0.4 is 53.3 Å². The number of hydrogen-bond acceptors (Lipinski definition) is 1. The van der Waals surface area contributed by atoms with Gasteiger partial charge < -0.3 is 53.3 Å². The third-order valence-corrected chi connectivity index (χ3v) is 1.15. The molecule has 0 aromatic heterocycles. The van der Waals surface area contributed by atoms with E-state index in [0.717, 1.165) is 25.8 Å². The quantitative estimate of drug-likeness (QED) is 0.266. The first-order chi connectivity index (χ1) is 3.39.